The van der Waals surface area contributed by atoms with Gasteiger partial charge in [-0.05, 0) is 23.8 Å². The molecule has 0 bridgehead atoms. The number of esters is 1. The van der Waals surface area contributed by atoms with Gasteiger partial charge in [0.1, 0.15) is 18.8 Å². The van der Waals surface area contributed by atoms with Crippen molar-refractivity contribution in [1.29, 1.82) is 0 Å². The van der Waals surface area contributed by atoms with Crippen LogP contribution in [0.1, 0.15) is 22.3 Å². The van der Waals surface area contributed by atoms with Crippen molar-refractivity contribution in [2.75, 3.05) is 0 Å². The van der Waals surface area contributed by atoms with Gasteiger partial charge in [-0.3, -0.25) is 9.59 Å². The first kappa shape index (κ1) is 15.4. The van der Waals surface area contributed by atoms with Crippen LogP contribution in [0.3, 0.4) is 0 Å². The first-order valence-electron chi connectivity index (χ1n) is 6.24. The molecule has 0 aliphatic carbocycles. The van der Waals surface area contributed by atoms with E-state index in [1.807, 2.05) is 30.3 Å². The monoisotopic (exact) mass is 350 g/mol. The average molecular weight is 351 g/mol. The van der Waals surface area contributed by atoms with E-state index in [4.69, 9.17) is 4.74 Å². The van der Waals surface area contributed by atoms with Gasteiger partial charge in [0.25, 0.3) is 0 Å². The molecule has 0 saturated heterocycles. The first-order valence-corrected chi connectivity index (χ1v) is 7.03. The van der Waals surface area contributed by atoms with Crippen LogP contribution in [0, 0.1) is 5.82 Å². The number of carbonyl (C=O) groups excluding carboxylic acids is 2. The third-order valence-electron chi connectivity index (χ3n) is 2.78. The van der Waals surface area contributed by atoms with Gasteiger partial charge in [0.2, 0.25) is 0 Å². The number of hydrogen-bond acceptors (Lipinski definition) is 3. The average Bonchev–Trinajstić information content (AvgIpc) is 2.46. The summed E-state index contributed by atoms with van der Waals surface area (Å²) in [7, 11) is 0. The highest BCUT2D eigenvalue weighted by Crippen LogP contribution is 2.17. The van der Waals surface area contributed by atoms with Crippen LogP contribution >= 0.6 is 15.9 Å². The van der Waals surface area contributed by atoms with Crippen LogP contribution in [0.5, 0.6) is 0 Å². The summed E-state index contributed by atoms with van der Waals surface area (Å²) in [5, 5.41) is 0. The van der Waals surface area contributed by atoms with Crippen LogP contribution in [-0.2, 0) is 16.1 Å². The molecule has 2 aromatic rings. The smallest absolute Gasteiger partial charge is 0.314 e. The van der Waals surface area contributed by atoms with Crippen molar-refractivity contribution in [3.05, 3.63) is 69.9 Å². The molecule has 5 heteroatoms. The summed E-state index contributed by atoms with van der Waals surface area (Å²) >= 11 is 3.10. The zero-order valence-corrected chi connectivity index (χ0v) is 12.6. The molecule has 108 valence electrons. The van der Waals surface area contributed by atoms with Gasteiger partial charge < -0.3 is 4.74 Å². The molecule has 0 amide bonds. The normalized spacial score (nSPS) is 10.2. The third kappa shape index (κ3) is 4.49. The van der Waals surface area contributed by atoms with Gasteiger partial charge >= 0.3 is 5.97 Å². The van der Waals surface area contributed by atoms with Crippen LogP contribution in [0.2, 0.25) is 0 Å². The number of hydrogen-bond donors (Lipinski definition) is 0. The SMILES string of the molecule is O=C(CC(=O)c1ccc(Br)cc1F)OCc1ccccc1. The molecule has 0 aliphatic rings. The highest BCUT2D eigenvalue weighted by Gasteiger charge is 2.16. The molecule has 2 rings (SSSR count). The van der Waals surface area contributed by atoms with Gasteiger partial charge in [0.15, 0.2) is 5.78 Å². The molecule has 0 aromatic heterocycles. The molecule has 0 fully saturated rings. The second-order valence-electron chi connectivity index (χ2n) is 4.37. The molecule has 2 aromatic carbocycles. The Bertz CT molecular complexity index is 656. The standard InChI is InChI=1S/C16H12BrFO3/c17-12-6-7-13(14(18)8-12)15(19)9-16(20)21-10-11-4-2-1-3-5-11/h1-8H,9-10H2. The Morgan fingerprint density at radius 3 is 2.48 bits per heavy atom. The maximum Gasteiger partial charge on any atom is 0.314 e. The van der Waals surface area contributed by atoms with E-state index in [-0.39, 0.29) is 12.2 Å². The minimum atomic E-state index is -0.675. The Hall–Kier alpha value is -2.01. The number of ketones is 1. The van der Waals surface area contributed by atoms with Gasteiger partial charge in [-0.15, -0.1) is 0 Å². The van der Waals surface area contributed by atoms with Crippen LogP contribution < -0.4 is 0 Å². The topological polar surface area (TPSA) is 43.4 Å². The van der Waals surface area contributed by atoms with Crippen LogP contribution in [0.15, 0.2) is 53.0 Å². The fourth-order valence-corrected chi connectivity index (χ4v) is 2.06. The molecular formula is C16H12BrFO3. The van der Waals surface area contributed by atoms with Crippen molar-refractivity contribution in [2.45, 2.75) is 13.0 Å². The van der Waals surface area contributed by atoms with Crippen molar-refractivity contribution < 1.29 is 18.7 Å². The zero-order valence-electron chi connectivity index (χ0n) is 11.0. The number of ether oxygens (including phenoxy) is 1. The van der Waals surface area contributed by atoms with Gasteiger partial charge in [-0.1, -0.05) is 46.3 Å². The molecule has 0 atom stereocenters. The molecule has 0 saturated carbocycles. The van der Waals surface area contributed by atoms with Crippen molar-refractivity contribution in [1.82, 2.24) is 0 Å². The van der Waals surface area contributed by atoms with Gasteiger partial charge in [-0.25, -0.2) is 4.39 Å². The summed E-state index contributed by atoms with van der Waals surface area (Å²) in [4.78, 5) is 23.4. The minimum absolute atomic E-state index is 0.0930. The van der Waals surface area contributed by atoms with E-state index in [1.54, 1.807) is 6.07 Å². The summed E-state index contributed by atoms with van der Waals surface area (Å²) in [5.41, 5.74) is 0.711. The predicted molar refractivity (Wildman–Crippen MR) is 79.3 cm³/mol. The maximum absolute atomic E-state index is 13.6. The van der Waals surface area contributed by atoms with E-state index >= 15 is 0 Å². The second-order valence-corrected chi connectivity index (χ2v) is 5.29. The van der Waals surface area contributed by atoms with Crippen molar-refractivity contribution >= 4 is 27.7 Å². The Labute approximate surface area is 129 Å². The van der Waals surface area contributed by atoms with E-state index in [0.29, 0.717) is 4.47 Å². The number of rotatable bonds is 5. The molecule has 0 radical (unpaired) electrons. The van der Waals surface area contributed by atoms with Crippen LogP contribution in [-0.4, -0.2) is 11.8 Å². The van der Waals surface area contributed by atoms with Crippen molar-refractivity contribution in [2.24, 2.45) is 0 Å². The summed E-state index contributed by atoms with van der Waals surface area (Å²) in [6, 6.07) is 13.2. The fraction of sp³-hybridized carbons (Fsp3) is 0.125. The predicted octanol–water partition coefficient (Wildman–Crippen LogP) is 3.90. The molecule has 0 spiro atoms. The molecule has 3 nitrogen and oxygen atoms in total. The lowest BCUT2D eigenvalue weighted by Gasteiger charge is -2.05. The van der Waals surface area contributed by atoms with Crippen molar-refractivity contribution in [3.8, 4) is 0 Å². The second kappa shape index (κ2) is 7.13. The Morgan fingerprint density at radius 2 is 1.81 bits per heavy atom. The van der Waals surface area contributed by atoms with Crippen LogP contribution in [0.25, 0.3) is 0 Å². The van der Waals surface area contributed by atoms with E-state index in [0.717, 1.165) is 5.56 Å². The minimum Gasteiger partial charge on any atom is -0.460 e. The molecule has 0 N–H and O–H groups in total. The highest BCUT2D eigenvalue weighted by molar-refractivity contribution is 9.10. The lowest BCUT2D eigenvalue weighted by molar-refractivity contribution is -0.143. The number of carbonyl (C=O) groups is 2. The Kier molecular flexibility index (Phi) is 5.22. The largest absolute Gasteiger partial charge is 0.460 e. The van der Waals surface area contributed by atoms with Crippen LogP contribution in [0.4, 0.5) is 4.39 Å². The molecular weight excluding hydrogens is 339 g/mol. The van der Waals surface area contributed by atoms with Crippen molar-refractivity contribution in [3.63, 3.8) is 0 Å². The number of benzene rings is 2. The van der Waals surface area contributed by atoms with E-state index < -0.39 is 24.0 Å². The highest BCUT2D eigenvalue weighted by atomic mass is 79.9. The molecule has 21 heavy (non-hydrogen) atoms. The van der Waals surface area contributed by atoms with Gasteiger partial charge in [-0.2, -0.15) is 0 Å². The molecule has 0 aliphatic heterocycles. The summed E-state index contributed by atoms with van der Waals surface area (Å²) in [5.74, 6) is -1.94. The van der Waals surface area contributed by atoms with Gasteiger partial charge in [0.05, 0.1) is 5.56 Å². The zero-order chi connectivity index (χ0) is 15.2. The van der Waals surface area contributed by atoms with E-state index in [9.17, 15) is 14.0 Å². The lowest BCUT2D eigenvalue weighted by Crippen LogP contribution is -2.12. The first-order chi connectivity index (χ1) is 10.1. The van der Waals surface area contributed by atoms with E-state index in [2.05, 4.69) is 15.9 Å². The fourth-order valence-electron chi connectivity index (χ4n) is 1.73. The molecule has 0 unspecified atom stereocenters. The maximum atomic E-state index is 13.6. The van der Waals surface area contributed by atoms with E-state index in [1.165, 1.54) is 12.1 Å². The lowest BCUT2D eigenvalue weighted by atomic mass is 10.1. The summed E-state index contributed by atoms with van der Waals surface area (Å²) in [6.45, 7) is 0.0930. The number of Topliss-reactive ketones (excluding diaryl/α,β-unsaturated/α-hetero) is 1. The number of halogens is 2. The van der Waals surface area contributed by atoms with Gasteiger partial charge in [0, 0.05) is 4.47 Å². The third-order valence-corrected chi connectivity index (χ3v) is 3.27. The summed E-state index contributed by atoms with van der Waals surface area (Å²) < 4.78 is 19.1. The summed E-state index contributed by atoms with van der Waals surface area (Å²) in [6.07, 6.45) is -0.481. The Balaban J connectivity index is 1.91. The Morgan fingerprint density at radius 1 is 1.10 bits per heavy atom. The molecule has 0 heterocycles. The quantitative estimate of drug-likeness (QED) is 0.466.